The van der Waals surface area contributed by atoms with E-state index in [1.165, 1.54) is 0 Å². The van der Waals surface area contributed by atoms with Crippen molar-refractivity contribution in [1.82, 2.24) is 14.9 Å². The Morgan fingerprint density at radius 3 is 2.78 bits per heavy atom. The molecule has 0 aliphatic carbocycles. The summed E-state index contributed by atoms with van der Waals surface area (Å²) in [5.41, 5.74) is 2.48. The van der Waals surface area contributed by atoms with Crippen molar-refractivity contribution in [2.24, 2.45) is 0 Å². The molecule has 1 aromatic heterocycles. The quantitative estimate of drug-likeness (QED) is 0.768. The van der Waals surface area contributed by atoms with Gasteiger partial charge in [0, 0.05) is 6.54 Å². The Morgan fingerprint density at radius 2 is 1.96 bits per heavy atom. The number of imidazole rings is 1. The third kappa shape index (κ3) is 2.49. The van der Waals surface area contributed by atoms with Crippen molar-refractivity contribution in [3.63, 3.8) is 0 Å². The van der Waals surface area contributed by atoms with Gasteiger partial charge in [-0.2, -0.15) is 0 Å². The van der Waals surface area contributed by atoms with Crippen LogP contribution in [0.15, 0.2) is 48.5 Å². The molecule has 0 spiro atoms. The number of nitrogens with zero attached hydrogens (tertiary/aromatic N) is 2. The number of hydrogen-bond donors (Lipinski definition) is 1. The van der Waals surface area contributed by atoms with Crippen LogP contribution in [0.1, 0.15) is 35.1 Å². The van der Waals surface area contributed by atoms with Crippen LogP contribution in [-0.2, 0) is 0 Å². The minimum absolute atomic E-state index is 0.0221. The Morgan fingerprint density at radius 1 is 1.17 bits per heavy atom. The van der Waals surface area contributed by atoms with Gasteiger partial charge in [-0.15, -0.1) is 0 Å². The van der Waals surface area contributed by atoms with Gasteiger partial charge in [-0.3, -0.25) is 4.79 Å². The standard InChI is InChI=1S/C18H16ClN3O/c19-13-7-2-1-6-12(13)18(23)22-11-5-10-16(22)17-20-14-8-3-4-9-15(14)21-17/h1-4,6-9,16H,5,10-11H2,(H,20,21). The topological polar surface area (TPSA) is 49.0 Å². The minimum Gasteiger partial charge on any atom is -0.340 e. The molecule has 1 N–H and O–H groups in total. The summed E-state index contributed by atoms with van der Waals surface area (Å²) >= 11 is 6.18. The second-order valence-corrected chi connectivity index (χ2v) is 6.18. The van der Waals surface area contributed by atoms with E-state index < -0.39 is 0 Å². The van der Waals surface area contributed by atoms with Gasteiger partial charge in [-0.05, 0) is 37.1 Å². The number of carbonyl (C=O) groups excluding carboxylic acids is 1. The number of nitrogens with one attached hydrogen (secondary N) is 1. The largest absolute Gasteiger partial charge is 0.340 e. The number of hydrogen-bond acceptors (Lipinski definition) is 2. The molecule has 0 bridgehead atoms. The SMILES string of the molecule is O=C(c1ccccc1Cl)N1CCCC1c1nc2ccccc2[nH]1. The van der Waals surface area contributed by atoms with Gasteiger partial charge in [0.15, 0.2) is 0 Å². The van der Waals surface area contributed by atoms with Gasteiger partial charge in [0.1, 0.15) is 5.82 Å². The van der Waals surface area contributed by atoms with Crippen LogP contribution in [-0.4, -0.2) is 27.3 Å². The Bertz CT molecular complexity index is 840. The molecule has 1 atom stereocenters. The van der Waals surface area contributed by atoms with Crippen molar-refractivity contribution in [2.45, 2.75) is 18.9 Å². The average molecular weight is 326 g/mol. The van der Waals surface area contributed by atoms with E-state index >= 15 is 0 Å². The molecular formula is C18H16ClN3O. The number of aromatic amines is 1. The number of halogens is 1. The maximum absolute atomic E-state index is 12.9. The van der Waals surface area contributed by atoms with Gasteiger partial charge in [-0.1, -0.05) is 35.9 Å². The second kappa shape index (κ2) is 5.70. The summed E-state index contributed by atoms with van der Waals surface area (Å²) in [5.74, 6) is 0.822. The third-order valence-corrected chi connectivity index (χ3v) is 4.67. The Kier molecular flexibility index (Phi) is 3.54. The molecule has 5 heteroatoms. The first-order chi connectivity index (χ1) is 11.2. The fourth-order valence-electron chi connectivity index (χ4n) is 3.21. The van der Waals surface area contributed by atoms with Crippen molar-refractivity contribution in [3.8, 4) is 0 Å². The minimum atomic E-state index is -0.0291. The van der Waals surface area contributed by atoms with E-state index in [9.17, 15) is 4.79 Å². The third-order valence-electron chi connectivity index (χ3n) is 4.34. The molecule has 4 rings (SSSR count). The molecular weight excluding hydrogens is 310 g/mol. The highest BCUT2D eigenvalue weighted by Crippen LogP contribution is 2.33. The number of carbonyl (C=O) groups is 1. The monoisotopic (exact) mass is 325 g/mol. The second-order valence-electron chi connectivity index (χ2n) is 5.78. The van der Waals surface area contributed by atoms with Crippen LogP contribution in [0, 0.1) is 0 Å². The lowest BCUT2D eigenvalue weighted by molar-refractivity contribution is 0.0731. The molecule has 1 amide bonds. The van der Waals surface area contributed by atoms with Crippen LogP contribution >= 0.6 is 11.6 Å². The summed E-state index contributed by atoms with van der Waals surface area (Å²) in [5, 5.41) is 0.493. The molecule has 0 saturated carbocycles. The van der Waals surface area contributed by atoms with E-state index in [0.29, 0.717) is 10.6 Å². The molecule has 116 valence electrons. The fourth-order valence-corrected chi connectivity index (χ4v) is 3.43. The summed E-state index contributed by atoms with van der Waals surface area (Å²) in [6, 6.07) is 15.1. The van der Waals surface area contributed by atoms with E-state index in [2.05, 4.69) is 9.97 Å². The van der Waals surface area contributed by atoms with Gasteiger partial charge >= 0.3 is 0 Å². The first-order valence-corrected chi connectivity index (χ1v) is 8.12. The van der Waals surface area contributed by atoms with Crippen LogP contribution < -0.4 is 0 Å². The van der Waals surface area contributed by atoms with Crippen molar-refractivity contribution in [3.05, 3.63) is 64.9 Å². The summed E-state index contributed by atoms with van der Waals surface area (Å²) < 4.78 is 0. The van der Waals surface area contributed by atoms with Gasteiger partial charge in [0.25, 0.3) is 5.91 Å². The molecule has 3 aromatic rings. The van der Waals surface area contributed by atoms with Crippen LogP contribution in [0.25, 0.3) is 11.0 Å². The number of para-hydroxylation sites is 2. The molecule has 1 fully saturated rings. The fraction of sp³-hybridized carbons (Fsp3) is 0.222. The van der Waals surface area contributed by atoms with Crippen molar-refractivity contribution in [2.75, 3.05) is 6.54 Å². The Hall–Kier alpha value is -2.33. The number of H-pyrrole nitrogens is 1. The predicted octanol–water partition coefficient (Wildman–Crippen LogP) is 4.19. The Balaban J connectivity index is 1.69. The lowest BCUT2D eigenvalue weighted by Gasteiger charge is -2.23. The van der Waals surface area contributed by atoms with Crippen LogP contribution in [0.2, 0.25) is 5.02 Å². The van der Waals surface area contributed by atoms with Gasteiger partial charge < -0.3 is 9.88 Å². The molecule has 1 unspecified atom stereocenters. The number of aromatic nitrogens is 2. The summed E-state index contributed by atoms with van der Waals surface area (Å²) in [4.78, 5) is 22.8. The molecule has 4 nitrogen and oxygen atoms in total. The number of fused-ring (bicyclic) bond motifs is 1. The van der Waals surface area contributed by atoms with Crippen molar-refractivity contribution in [1.29, 1.82) is 0 Å². The van der Waals surface area contributed by atoms with Gasteiger partial charge in [0.2, 0.25) is 0 Å². The van der Waals surface area contributed by atoms with Crippen LogP contribution in [0.4, 0.5) is 0 Å². The highest BCUT2D eigenvalue weighted by molar-refractivity contribution is 6.33. The van der Waals surface area contributed by atoms with Gasteiger partial charge in [-0.25, -0.2) is 4.98 Å². The summed E-state index contributed by atoms with van der Waals surface area (Å²) in [7, 11) is 0. The maximum atomic E-state index is 12.9. The van der Waals surface area contributed by atoms with Crippen molar-refractivity contribution < 1.29 is 4.79 Å². The van der Waals surface area contributed by atoms with Crippen LogP contribution in [0.3, 0.4) is 0 Å². The van der Waals surface area contributed by atoms with E-state index in [0.717, 1.165) is 36.2 Å². The smallest absolute Gasteiger partial charge is 0.255 e. The maximum Gasteiger partial charge on any atom is 0.255 e. The molecule has 1 saturated heterocycles. The number of amides is 1. The first-order valence-electron chi connectivity index (χ1n) is 7.74. The molecule has 23 heavy (non-hydrogen) atoms. The average Bonchev–Trinajstić information content (AvgIpc) is 3.21. The van der Waals surface area contributed by atoms with Gasteiger partial charge in [0.05, 0.1) is 27.7 Å². The normalized spacial score (nSPS) is 17.8. The lowest BCUT2D eigenvalue weighted by Crippen LogP contribution is -2.31. The zero-order chi connectivity index (χ0) is 15.8. The number of likely N-dealkylation sites (tertiary alicyclic amines) is 1. The molecule has 0 radical (unpaired) electrons. The zero-order valence-electron chi connectivity index (χ0n) is 12.5. The number of benzene rings is 2. The summed E-state index contributed by atoms with van der Waals surface area (Å²) in [6.45, 7) is 0.728. The predicted molar refractivity (Wildman–Crippen MR) is 90.6 cm³/mol. The van der Waals surface area contributed by atoms with Crippen molar-refractivity contribution >= 4 is 28.5 Å². The zero-order valence-corrected chi connectivity index (χ0v) is 13.3. The number of rotatable bonds is 2. The molecule has 2 aromatic carbocycles. The van der Waals surface area contributed by atoms with Crippen LogP contribution in [0.5, 0.6) is 0 Å². The molecule has 1 aliphatic heterocycles. The first kappa shape index (κ1) is 14.3. The molecule has 1 aliphatic rings. The van der Waals surface area contributed by atoms with E-state index in [4.69, 9.17) is 11.6 Å². The van der Waals surface area contributed by atoms with E-state index in [1.54, 1.807) is 12.1 Å². The molecule has 2 heterocycles. The Labute approximate surface area is 139 Å². The lowest BCUT2D eigenvalue weighted by atomic mass is 10.1. The highest BCUT2D eigenvalue weighted by atomic mass is 35.5. The van der Waals surface area contributed by atoms with E-state index in [-0.39, 0.29) is 11.9 Å². The summed E-state index contributed by atoms with van der Waals surface area (Å²) in [6.07, 6.45) is 1.88. The van der Waals surface area contributed by atoms with E-state index in [1.807, 2.05) is 41.3 Å². The highest BCUT2D eigenvalue weighted by Gasteiger charge is 2.33.